The number of hydrogen-bond acceptors (Lipinski definition) is 5. The topological polar surface area (TPSA) is 81.7 Å². The minimum absolute atomic E-state index is 0. The third kappa shape index (κ3) is 6.10. The Kier molecular flexibility index (Phi) is 6.14. The van der Waals surface area contributed by atoms with Crippen molar-refractivity contribution >= 4 is 17.8 Å². The van der Waals surface area contributed by atoms with E-state index >= 15 is 0 Å². The molecule has 1 aromatic carbocycles. The van der Waals surface area contributed by atoms with Crippen molar-refractivity contribution in [2.75, 3.05) is 7.11 Å². The van der Waals surface area contributed by atoms with Crippen molar-refractivity contribution in [2.45, 2.75) is 38.3 Å². The minimum atomic E-state index is -1.01. The maximum absolute atomic E-state index is 11.9. The molecule has 1 amide bonds. The van der Waals surface area contributed by atoms with Gasteiger partial charge in [0.05, 0.1) is 7.11 Å². The fraction of sp³-hybridized carbons (Fsp3) is 0.471. The molecule has 1 atom stereocenters. The first-order chi connectivity index (χ1) is 11.1. The van der Waals surface area contributed by atoms with Crippen molar-refractivity contribution in [2.24, 2.45) is 5.92 Å². The van der Waals surface area contributed by atoms with Gasteiger partial charge in [-0.15, -0.1) is 0 Å². The fourth-order valence-electron chi connectivity index (χ4n) is 2.20. The SMILES string of the molecule is COC(=O)[C@H](CC(=O)CC1CC1)NC(=O)OCc1ccccc1.[HH]. The summed E-state index contributed by atoms with van der Waals surface area (Å²) in [6.07, 6.45) is 1.75. The molecule has 126 valence electrons. The first kappa shape index (κ1) is 17.0. The highest BCUT2D eigenvalue weighted by molar-refractivity contribution is 5.89. The third-order valence-corrected chi connectivity index (χ3v) is 3.64. The van der Waals surface area contributed by atoms with Crippen molar-refractivity contribution < 1.29 is 25.3 Å². The predicted molar refractivity (Wildman–Crippen MR) is 84.6 cm³/mol. The van der Waals surface area contributed by atoms with Crippen LogP contribution in [0.25, 0.3) is 0 Å². The summed E-state index contributed by atoms with van der Waals surface area (Å²) >= 11 is 0. The first-order valence-corrected chi connectivity index (χ1v) is 7.65. The molecule has 1 N–H and O–H groups in total. The average Bonchev–Trinajstić information content (AvgIpc) is 3.36. The molecule has 0 radical (unpaired) electrons. The van der Waals surface area contributed by atoms with E-state index in [-0.39, 0.29) is 20.2 Å². The van der Waals surface area contributed by atoms with E-state index in [1.807, 2.05) is 30.3 Å². The number of esters is 1. The molecule has 23 heavy (non-hydrogen) atoms. The Hall–Kier alpha value is -2.37. The Morgan fingerprint density at radius 1 is 1.26 bits per heavy atom. The van der Waals surface area contributed by atoms with Gasteiger partial charge in [0.15, 0.2) is 0 Å². The highest BCUT2D eigenvalue weighted by atomic mass is 16.6. The van der Waals surface area contributed by atoms with Crippen LogP contribution >= 0.6 is 0 Å². The second-order valence-electron chi connectivity index (χ2n) is 5.67. The molecular formula is C17H23NO5. The number of carbonyl (C=O) groups excluding carboxylic acids is 3. The maximum atomic E-state index is 11.9. The van der Waals surface area contributed by atoms with E-state index in [0.717, 1.165) is 18.4 Å². The molecule has 0 aliphatic heterocycles. The van der Waals surface area contributed by atoms with Crippen molar-refractivity contribution in [1.82, 2.24) is 5.32 Å². The average molecular weight is 321 g/mol. The molecule has 6 heteroatoms. The van der Waals surface area contributed by atoms with Gasteiger partial charge in [-0.05, 0) is 24.3 Å². The van der Waals surface area contributed by atoms with Crippen molar-refractivity contribution in [3.05, 3.63) is 35.9 Å². The van der Waals surface area contributed by atoms with Gasteiger partial charge in [0.2, 0.25) is 0 Å². The second-order valence-corrected chi connectivity index (χ2v) is 5.67. The lowest BCUT2D eigenvalue weighted by Crippen LogP contribution is -2.43. The number of ketones is 1. The standard InChI is InChI=1S/C17H21NO5.H2/c1-22-16(20)15(10-14(19)9-12-7-8-12)18-17(21)23-11-13-5-3-2-4-6-13;/h2-6,12,15H,7-11H2,1H3,(H,18,21);1H/t15-;/m0./s1. The van der Waals surface area contributed by atoms with Gasteiger partial charge in [-0.1, -0.05) is 30.3 Å². The van der Waals surface area contributed by atoms with E-state index in [2.05, 4.69) is 10.1 Å². The third-order valence-electron chi connectivity index (χ3n) is 3.64. The number of Topliss-reactive ketones (excluding diaryl/α,β-unsaturated/α-hetero) is 1. The van der Waals surface area contributed by atoms with Crippen LogP contribution in [0, 0.1) is 5.92 Å². The Balaban J connectivity index is 0.00000288. The van der Waals surface area contributed by atoms with Crippen LogP contribution in [0.2, 0.25) is 0 Å². The summed E-state index contributed by atoms with van der Waals surface area (Å²) in [6, 6.07) is 8.18. The van der Waals surface area contributed by atoms with Gasteiger partial charge in [0, 0.05) is 14.3 Å². The number of ether oxygens (including phenoxy) is 2. The molecule has 0 aromatic heterocycles. The maximum Gasteiger partial charge on any atom is 0.408 e. The molecule has 1 aliphatic rings. The van der Waals surface area contributed by atoms with E-state index < -0.39 is 18.1 Å². The van der Waals surface area contributed by atoms with Crippen LogP contribution in [-0.4, -0.2) is 31.0 Å². The summed E-state index contributed by atoms with van der Waals surface area (Å²) < 4.78 is 9.70. The number of benzene rings is 1. The van der Waals surface area contributed by atoms with Crippen molar-refractivity contribution in [1.29, 1.82) is 0 Å². The lowest BCUT2D eigenvalue weighted by molar-refractivity contribution is -0.144. The Labute approximate surface area is 136 Å². The smallest absolute Gasteiger partial charge is 0.408 e. The van der Waals surface area contributed by atoms with Crippen LogP contribution in [0.5, 0.6) is 0 Å². The molecule has 1 aromatic rings. The molecule has 1 aliphatic carbocycles. The van der Waals surface area contributed by atoms with Gasteiger partial charge in [-0.2, -0.15) is 0 Å². The Morgan fingerprint density at radius 3 is 2.57 bits per heavy atom. The van der Waals surface area contributed by atoms with Crippen molar-refractivity contribution in [3.8, 4) is 0 Å². The molecular weight excluding hydrogens is 298 g/mol. The summed E-state index contributed by atoms with van der Waals surface area (Å²) in [5, 5.41) is 2.41. The summed E-state index contributed by atoms with van der Waals surface area (Å²) in [6.45, 7) is 0.0938. The van der Waals surface area contributed by atoms with Gasteiger partial charge in [-0.3, -0.25) is 4.79 Å². The number of carbonyl (C=O) groups is 3. The zero-order valence-corrected chi connectivity index (χ0v) is 13.1. The van der Waals surface area contributed by atoms with E-state index in [4.69, 9.17) is 4.74 Å². The molecule has 1 fully saturated rings. The highest BCUT2D eigenvalue weighted by Crippen LogP contribution is 2.32. The van der Waals surface area contributed by atoms with E-state index in [1.54, 1.807) is 0 Å². The monoisotopic (exact) mass is 321 g/mol. The predicted octanol–water partition coefficient (Wildman–Crippen LogP) is 2.46. The minimum Gasteiger partial charge on any atom is -0.467 e. The normalized spacial score (nSPS) is 14.7. The summed E-state index contributed by atoms with van der Waals surface area (Å²) in [5.74, 6) is -0.261. The lowest BCUT2D eigenvalue weighted by atomic mass is 10.1. The lowest BCUT2D eigenvalue weighted by Gasteiger charge is -2.15. The molecule has 0 bridgehead atoms. The zero-order valence-electron chi connectivity index (χ0n) is 13.1. The van der Waals surface area contributed by atoms with Gasteiger partial charge < -0.3 is 14.8 Å². The van der Waals surface area contributed by atoms with Gasteiger partial charge >= 0.3 is 12.1 Å². The molecule has 2 rings (SSSR count). The van der Waals surface area contributed by atoms with Crippen LogP contribution in [-0.2, 0) is 25.7 Å². The number of amides is 1. The van der Waals surface area contributed by atoms with Crippen LogP contribution in [0.15, 0.2) is 30.3 Å². The number of nitrogens with one attached hydrogen (secondary N) is 1. The largest absolute Gasteiger partial charge is 0.467 e. The molecule has 6 nitrogen and oxygen atoms in total. The van der Waals surface area contributed by atoms with E-state index in [9.17, 15) is 14.4 Å². The fourth-order valence-corrected chi connectivity index (χ4v) is 2.20. The van der Waals surface area contributed by atoms with Crippen LogP contribution < -0.4 is 5.32 Å². The van der Waals surface area contributed by atoms with Crippen LogP contribution in [0.3, 0.4) is 0 Å². The molecule has 0 spiro atoms. The van der Waals surface area contributed by atoms with Crippen LogP contribution in [0.4, 0.5) is 4.79 Å². The van der Waals surface area contributed by atoms with E-state index in [1.165, 1.54) is 7.11 Å². The number of rotatable bonds is 8. The number of hydrogen-bond donors (Lipinski definition) is 1. The van der Waals surface area contributed by atoms with Gasteiger partial charge in [0.25, 0.3) is 0 Å². The quantitative estimate of drug-likeness (QED) is 0.744. The highest BCUT2D eigenvalue weighted by Gasteiger charge is 2.29. The van der Waals surface area contributed by atoms with Gasteiger partial charge in [0.1, 0.15) is 18.4 Å². The summed E-state index contributed by atoms with van der Waals surface area (Å²) in [4.78, 5) is 35.4. The zero-order chi connectivity index (χ0) is 16.7. The first-order valence-electron chi connectivity index (χ1n) is 7.65. The van der Waals surface area contributed by atoms with E-state index in [0.29, 0.717) is 12.3 Å². The Bertz CT molecular complexity index is 559. The second kappa shape index (κ2) is 8.31. The van der Waals surface area contributed by atoms with Gasteiger partial charge in [-0.25, -0.2) is 9.59 Å². The molecule has 1 saturated carbocycles. The Morgan fingerprint density at radius 2 is 1.96 bits per heavy atom. The molecule has 0 saturated heterocycles. The molecule has 0 heterocycles. The number of alkyl carbamates (subject to hydrolysis) is 1. The number of methoxy groups -OCH3 is 1. The van der Waals surface area contributed by atoms with Crippen LogP contribution in [0.1, 0.15) is 32.7 Å². The summed E-state index contributed by atoms with van der Waals surface area (Å²) in [7, 11) is 1.22. The summed E-state index contributed by atoms with van der Waals surface area (Å²) in [5.41, 5.74) is 0.835. The molecule has 0 unspecified atom stereocenters. The van der Waals surface area contributed by atoms with Crippen molar-refractivity contribution in [3.63, 3.8) is 0 Å².